The molecule has 0 radical (unpaired) electrons. The molecule has 0 atom stereocenters. The van der Waals surface area contributed by atoms with Crippen LogP contribution >= 0.6 is 28.1 Å². The van der Waals surface area contributed by atoms with Crippen LogP contribution in [0, 0.1) is 0 Å². The van der Waals surface area contributed by atoms with E-state index in [9.17, 15) is 13.2 Å². The summed E-state index contributed by atoms with van der Waals surface area (Å²) >= 11 is 8.66. The number of ether oxygens (including phenoxy) is 1. The Hall–Kier alpha value is -2.01. The number of hydrogen-bond donors (Lipinski definition) is 2. The molecule has 178 valence electrons. The molecule has 0 aromatic heterocycles. The fraction of sp³-hybridized carbons (Fsp3) is 0.391. The van der Waals surface area contributed by atoms with E-state index in [4.69, 9.17) is 17.0 Å². The number of unbranched alkanes of at least 4 members (excludes halogenated alkanes) is 1. The number of amides is 1. The van der Waals surface area contributed by atoms with Crippen molar-refractivity contribution in [2.24, 2.45) is 0 Å². The molecular formula is C23H28BrN3O4S2. The predicted octanol–water partition coefficient (Wildman–Crippen LogP) is 4.93. The zero-order chi connectivity index (χ0) is 23.8. The number of carbonyl (C=O) groups excluding carboxylic acids is 1. The van der Waals surface area contributed by atoms with Gasteiger partial charge in [0.05, 0.1) is 17.1 Å². The summed E-state index contributed by atoms with van der Waals surface area (Å²) in [7, 11) is -3.50. The summed E-state index contributed by atoms with van der Waals surface area (Å²) in [6.45, 7) is 3.70. The van der Waals surface area contributed by atoms with Crippen molar-refractivity contribution < 1.29 is 17.9 Å². The van der Waals surface area contributed by atoms with Gasteiger partial charge in [-0.25, -0.2) is 8.42 Å². The number of carbonyl (C=O) groups is 1. The first-order chi connectivity index (χ1) is 15.8. The van der Waals surface area contributed by atoms with Gasteiger partial charge in [0.25, 0.3) is 5.91 Å². The lowest BCUT2D eigenvalue weighted by Gasteiger charge is -2.25. The van der Waals surface area contributed by atoms with E-state index in [1.54, 1.807) is 36.4 Å². The summed E-state index contributed by atoms with van der Waals surface area (Å²) in [4.78, 5) is 13.0. The molecule has 3 rings (SSSR count). The molecule has 2 aromatic carbocycles. The van der Waals surface area contributed by atoms with Gasteiger partial charge in [-0.05, 0) is 73.9 Å². The molecule has 0 aliphatic carbocycles. The standard InChI is InChI=1S/C23H28BrN3O4S2/c1-2-3-15-31-21-12-7-17(24)16-20(21)22(28)26-23(32)25-18-8-10-19(11-9-18)33(29,30)27-13-5-4-6-14-27/h7-12,16H,2-6,13-15H2,1H3,(H2,25,26,28,32). The lowest BCUT2D eigenvalue weighted by molar-refractivity contribution is 0.0973. The quantitative estimate of drug-likeness (QED) is 0.356. The lowest BCUT2D eigenvalue weighted by atomic mass is 10.2. The second-order valence-corrected chi connectivity index (χ2v) is 11.0. The molecular weight excluding hydrogens is 526 g/mol. The summed E-state index contributed by atoms with van der Waals surface area (Å²) in [5.74, 6) is 0.0869. The Labute approximate surface area is 209 Å². The molecule has 0 saturated carbocycles. The minimum atomic E-state index is -3.50. The second-order valence-electron chi connectivity index (χ2n) is 7.74. The smallest absolute Gasteiger partial charge is 0.261 e. The summed E-state index contributed by atoms with van der Waals surface area (Å²) in [5.41, 5.74) is 0.944. The zero-order valence-electron chi connectivity index (χ0n) is 18.5. The third-order valence-corrected chi connectivity index (χ3v) is 7.84. The first kappa shape index (κ1) is 25.6. The zero-order valence-corrected chi connectivity index (χ0v) is 21.7. The third-order valence-electron chi connectivity index (χ3n) is 5.23. The number of piperidine rings is 1. The van der Waals surface area contributed by atoms with E-state index in [0.717, 1.165) is 36.6 Å². The Morgan fingerprint density at radius 1 is 1.12 bits per heavy atom. The molecule has 1 saturated heterocycles. The molecule has 33 heavy (non-hydrogen) atoms. The minimum Gasteiger partial charge on any atom is -0.493 e. The van der Waals surface area contributed by atoms with Gasteiger partial charge in [-0.15, -0.1) is 0 Å². The van der Waals surface area contributed by atoms with E-state index >= 15 is 0 Å². The fourth-order valence-corrected chi connectivity index (χ4v) is 5.52. The molecule has 1 fully saturated rings. The largest absolute Gasteiger partial charge is 0.493 e. The average molecular weight is 555 g/mol. The van der Waals surface area contributed by atoms with Crippen LogP contribution in [0.5, 0.6) is 5.75 Å². The van der Waals surface area contributed by atoms with Gasteiger partial charge in [-0.2, -0.15) is 4.31 Å². The number of hydrogen-bond acceptors (Lipinski definition) is 5. The van der Waals surface area contributed by atoms with E-state index in [0.29, 0.717) is 36.7 Å². The Balaban J connectivity index is 1.63. The van der Waals surface area contributed by atoms with Gasteiger partial charge in [0.2, 0.25) is 10.0 Å². The van der Waals surface area contributed by atoms with Crippen molar-refractivity contribution in [3.8, 4) is 5.75 Å². The van der Waals surface area contributed by atoms with Gasteiger partial charge in [-0.3, -0.25) is 10.1 Å². The van der Waals surface area contributed by atoms with E-state index in [-0.39, 0.29) is 10.0 Å². The maximum absolute atomic E-state index is 12.8. The number of halogens is 1. The maximum atomic E-state index is 12.8. The fourth-order valence-electron chi connectivity index (χ4n) is 3.43. The molecule has 2 N–H and O–H groups in total. The summed E-state index contributed by atoms with van der Waals surface area (Å²) in [5, 5.41) is 5.68. The van der Waals surface area contributed by atoms with Crippen LogP contribution in [-0.2, 0) is 10.0 Å². The Morgan fingerprint density at radius 3 is 2.48 bits per heavy atom. The van der Waals surface area contributed by atoms with Crippen LogP contribution in [0.1, 0.15) is 49.4 Å². The van der Waals surface area contributed by atoms with Gasteiger partial charge < -0.3 is 10.1 Å². The number of thiocarbonyl (C=S) groups is 1. The maximum Gasteiger partial charge on any atom is 0.261 e. The van der Waals surface area contributed by atoms with Gasteiger partial charge in [0, 0.05) is 23.2 Å². The second kappa shape index (κ2) is 11.9. The molecule has 1 amide bonds. The van der Waals surface area contributed by atoms with Gasteiger partial charge in [0.15, 0.2) is 5.11 Å². The van der Waals surface area contributed by atoms with Crippen molar-refractivity contribution in [2.75, 3.05) is 25.0 Å². The number of nitrogens with one attached hydrogen (secondary N) is 2. The summed E-state index contributed by atoms with van der Waals surface area (Å²) in [6.07, 6.45) is 4.71. The first-order valence-corrected chi connectivity index (χ1v) is 13.6. The highest BCUT2D eigenvalue weighted by Crippen LogP contribution is 2.24. The highest BCUT2D eigenvalue weighted by atomic mass is 79.9. The van der Waals surface area contributed by atoms with Crippen molar-refractivity contribution >= 4 is 54.9 Å². The highest BCUT2D eigenvalue weighted by molar-refractivity contribution is 9.10. The van der Waals surface area contributed by atoms with E-state index in [2.05, 4.69) is 33.5 Å². The van der Waals surface area contributed by atoms with E-state index in [1.807, 2.05) is 6.07 Å². The van der Waals surface area contributed by atoms with Crippen molar-refractivity contribution in [3.05, 3.63) is 52.5 Å². The molecule has 1 heterocycles. The Bertz CT molecular complexity index is 1090. The summed E-state index contributed by atoms with van der Waals surface area (Å²) < 4.78 is 33.6. The minimum absolute atomic E-state index is 0.103. The van der Waals surface area contributed by atoms with Crippen molar-refractivity contribution in [1.29, 1.82) is 0 Å². The molecule has 1 aliphatic heterocycles. The van der Waals surface area contributed by atoms with Gasteiger partial charge >= 0.3 is 0 Å². The number of benzene rings is 2. The average Bonchev–Trinajstić information content (AvgIpc) is 2.81. The van der Waals surface area contributed by atoms with Gasteiger partial charge in [0.1, 0.15) is 5.75 Å². The third kappa shape index (κ3) is 6.99. The van der Waals surface area contributed by atoms with E-state index < -0.39 is 15.9 Å². The normalized spacial score (nSPS) is 14.5. The topological polar surface area (TPSA) is 87.7 Å². The number of rotatable bonds is 8. The van der Waals surface area contributed by atoms with Crippen molar-refractivity contribution in [1.82, 2.24) is 9.62 Å². The molecule has 10 heteroatoms. The van der Waals surface area contributed by atoms with E-state index in [1.165, 1.54) is 4.31 Å². The molecule has 0 unspecified atom stereocenters. The molecule has 0 bridgehead atoms. The lowest BCUT2D eigenvalue weighted by Crippen LogP contribution is -2.35. The van der Waals surface area contributed by atoms with Crippen LogP contribution in [0.25, 0.3) is 0 Å². The molecule has 7 nitrogen and oxygen atoms in total. The van der Waals surface area contributed by atoms with Crippen LogP contribution in [-0.4, -0.2) is 43.4 Å². The first-order valence-electron chi connectivity index (χ1n) is 11.0. The predicted molar refractivity (Wildman–Crippen MR) is 137 cm³/mol. The van der Waals surface area contributed by atoms with Crippen molar-refractivity contribution in [3.63, 3.8) is 0 Å². The monoisotopic (exact) mass is 553 g/mol. The molecule has 2 aromatic rings. The van der Waals surface area contributed by atoms with Gasteiger partial charge in [-0.1, -0.05) is 35.7 Å². The Morgan fingerprint density at radius 2 is 1.82 bits per heavy atom. The number of anilines is 1. The van der Waals surface area contributed by atoms with Crippen LogP contribution in [0.2, 0.25) is 0 Å². The van der Waals surface area contributed by atoms with Crippen LogP contribution in [0.15, 0.2) is 51.8 Å². The summed E-state index contributed by atoms with van der Waals surface area (Å²) in [6, 6.07) is 11.6. The SMILES string of the molecule is CCCCOc1ccc(Br)cc1C(=O)NC(=S)Nc1ccc(S(=O)(=O)N2CCCCC2)cc1. The van der Waals surface area contributed by atoms with Crippen LogP contribution in [0.4, 0.5) is 5.69 Å². The highest BCUT2D eigenvalue weighted by Gasteiger charge is 2.25. The Kier molecular flexibility index (Phi) is 9.25. The van der Waals surface area contributed by atoms with Crippen LogP contribution < -0.4 is 15.4 Å². The number of nitrogens with zero attached hydrogens (tertiary/aromatic N) is 1. The molecule has 1 aliphatic rings. The molecule has 0 spiro atoms. The van der Waals surface area contributed by atoms with Crippen molar-refractivity contribution in [2.45, 2.75) is 43.9 Å². The van der Waals surface area contributed by atoms with Crippen LogP contribution in [0.3, 0.4) is 0 Å². The number of sulfonamides is 1.